The number of para-hydroxylation sites is 1. The van der Waals surface area contributed by atoms with Gasteiger partial charge >= 0.3 is 0 Å². The number of anilines is 1. The van der Waals surface area contributed by atoms with Crippen LogP contribution in [0.3, 0.4) is 0 Å². The van der Waals surface area contributed by atoms with E-state index < -0.39 is 0 Å². The van der Waals surface area contributed by atoms with Crippen molar-refractivity contribution < 1.29 is 4.74 Å². The first kappa shape index (κ1) is 12.3. The zero-order valence-electron chi connectivity index (χ0n) is 10.6. The number of nitrogens with one attached hydrogen (secondary N) is 1. The molecule has 0 saturated carbocycles. The second kappa shape index (κ2) is 5.10. The molecule has 3 rings (SSSR count). The molecule has 1 aliphatic rings. The number of hydrogen-bond donors (Lipinski definition) is 1. The van der Waals surface area contributed by atoms with E-state index in [1.54, 1.807) is 18.5 Å². The van der Waals surface area contributed by atoms with E-state index in [9.17, 15) is 0 Å². The summed E-state index contributed by atoms with van der Waals surface area (Å²) < 4.78 is 5.75. The highest BCUT2D eigenvalue weighted by molar-refractivity contribution is 6.33. The topological polar surface area (TPSA) is 34.1 Å². The van der Waals surface area contributed by atoms with Gasteiger partial charge in [0.1, 0.15) is 5.75 Å². The molecule has 4 heteroatoms. The van der Waals surface area contributed by atoms with Gasteiger partial charge < -0.3 is 10.1 Å². The summed E-state index contributed by atoms with van der Waals surface area (Å²) >= 11 is 6.18. The van der Waals surface area contributed by atoms with Gasteiger partial charge in [0.25, 0.3) is 0 Å². The molecule has 1 N–H and O–H groups in total. The number of pyridine rings is 1. The molecule has 19 heavy (non-hydrogen) atoms. The number of rotatable bonds is 2. The Morgan fingerprint density at radius 2 is 2.16 bits per heavy atom. The first-order valence-electron chi connectivity index (χ1n) is 6.33. The minimum absolute atomic E-state index is 0.187. The van der Waals surface area contributed by atoms with Crippen LogP contribution in [0.2, 0.25) is 5.02 Å². The molecule has 2 aromatic rings. The summed E-state index contributed by atoms with van der Waals surface area (Å²) in [5.74, 6) is 1.31. The Hall–Kier alpha value is -1.74. The van der Waals surface area contributed by atoms with Crippen molar-refractivity contribution in [3.8, 4) is 5.75 Å². The fourth-order valence-electron chi connectivity index (χ4n) is 2.36. The minimum atomic E-state index is 0.187. The van der Waals surface area contributed by atoms with Crippen molar-refractivity contribution in [2.75, 3.05) is 11.9 Å². The molecule has 1 aromatic heterocycles. The molecule has 0 fully saturated rings. The zero-order chi connectivity index (χ0) is 13.2. The second-order valence-electron chi connectivity index (χ2n) is 4.80. The highest BCUT2D eigenvalue weighted by Gasteiger charge is 2.27. The molecule has 0 radical (unpaired) electrons. The Kier molecular flexibility index (Phi) is 3.30. The molecule has 2 atom stereocenters. The van der Waals surface area contributed by atoms with Gasteiger partial charge in [-0.1, -0.05) is 36.7 Å². The van der Waals surface area contributed by atoms with Gasteiger partial charge in [0.2, 0.25) is 0 Å². The van der Waals surface area contributed by atoms with Crippen molar-refractivity contribution in [3.05, 3.63) is 53.3 Å². The van der Waals surface area contributed by atoms with Crippen molar-refractivity contribution in [1.82, 2.24) is 4.98 Å². The maximum Gasteiger partial charge on any atom is 0.124 e. The Bertz CT molecular complexity index is 588. The summed E-state index contributed by atoms with van der Waals surface area (Å²) in [5, 5.41) is 4.17. The normalized spacial score (nSPS) is 21.4. The van der Waals surface area contributed by atoms with Crippen LogP contribution in [0.15, 0.2) is 42.7 Å². The molecular weight excluding hydrogens is 260 g/mol. The number of halogens is 1. The summed E-state index contributed by atoms with van der Waals surface area (Å²) in [6.07, 6.45) is 3.45. The molecule has 98 valence electrons. The lowest BCUT2D eigenvalue weighted by Gasteiger charge is -2.32. The lowest BCUT2D eigenvalue weighted by atomic mass is 9.92. The van der Waals surface area contributed by atoms with Crippen molar-refractivity contribution in [3.63, 3.8) is 0 Å². The highest BCUT2D eigenvalue weighted by atomic mass is 35.5. The van der Waals surface area contributed by atoms with E-state index in [-0.39, 0.29) is 6.04 Å². The summed E-state index contributed by atoms with van der Waals surface area (Å²) in [7, 11) is 0. The fraction of sp³-hybridized carbons (Fsp3) is 0.267. The van der Waals surface area contributed by atoms with Gasteiger partial charge in [-0.15, -0.1) is 0 Å². The number of aromatic nitrogens is 1. The second-order valence-corrected chi connectivity index (χ2v) is 5.21. The predicted molar refractivity (Wildman–Crippen MR) is 76.7 cm³/mol. The van der Waals surface area contributed by atoms with Gasteiger partial charge in [-0.2, -0.15) is 0 Å². The average molecular weight is 275 g/mol. The van der Waals surface area contributed by atoms with Gasteiger partial charge in [0.05, 0.1) is 29.6 Å². The smallest absolute Gasteiger partial charge is 0.124 e. The molecule has 3 nitrogen and oxygen atoms in total. The Morgan fingerprint density at radius 3 is 3.00 bits per heavy atom. The lowest BCUT2D eigenvalue weighted by molar-refractivity contribution is 0.214. The SMILES string of the molecule is CC1COc2ccccc2C1Nc1cnccc1Cl. The Labute approximate surface area is 117 Å². The number of nitrogens with zero attached hydrogens (tertiary/aromatic N) is 1. The molecule has 0 saturated heterocycles. The van der Waals surface area contributed by atoms with Gasteiger partial charge in [-0.3, -0.25) is 4.98 Å². The lowest BCUT2D eigenvalue weighted by Crippen LogP contribution is -2.28. The largest absolute Gasteiger partial charge is 0.493 e. The van der Waals surface area contributed by atoms with Crippen LogP contribution in [0.5, 0.6) is 5.75 Å². The van der Waals surface area contributed by atoms with Gasteiger partial charge in [-0.25, -0.2) is 0 Å². The van der Waals surface area contributed by atoms with Crippen molar-refractivity contribution in [2.24, 2.45) is 5.92 Å². The molecule has 0 bridgehead atoms. The number of hydrogen-bond acceptors (Lipinski definition) is 3. The molecule has 1 aromatic carbocycles. The first-order chi connectivity index (χ1) is 9.25. The predicted octanol–water partition coefficient (Wildman–Crippen LogP) is 3.92. The van der Waals surface area contributed by atoms with E-state index >= 15 is 0 Å². The zero-order valence-corrected chi connectivity index (χ0v) is 11.4. The van der Waals surface area contributed by atoms with Crippen LogP contribution >= 0.6 is 11.6 Å². The standard InChI is InChI=1S/C15H15ClN2O/c1-10-9-19-14-5-3-2-4-11(14)15(10)18-13-8-17-7-6-12(13)16/h2-8,10,15,18H,9H2,1H3. The van der Waals surface area contributed by atoms with E-state index in [2.05, 4.69) is 23.3 Å². The molecule has 0 amide bonds. The van der Waals surface area contributed by atoms with Gasteiger partial charge in [0, 0.05) is 17.7 Å². The fourth-order valence-corrected chi connectivity index (χ4v) is 2.52. The maximum atomic E-state index is 6.18. The molecule has 0 aliphatic carbocycles. The maximum absolute atomic E-state index is 6.18. The van der Waals surface area contributed by atoms with E-state index in [1.165, 1.54) is 5.56 Å². The van der Waals surface area contributed by atoms with Crippen LogP contribution in [0.25, 0.3) is 0 Å². The number of benzene rings is 1. The minimum Gasteiger partial charge on any atom is -0.493 e. The van der Waals surface area contributed by atoms with Crippen molar-refractivity contribution in [1.29, 1.82) is 0 Å². The molecule has 2 unspecified atom stereocenters. The van der Waals surface area contributed by atoms with Crippen LogP contribution < -0.4 is 10.1 Å². The molecule has 1 aliphatic heterocycles. The number of ether oxygens (including phenoxy) is 1. The summed E-state index contributed by atoms with van der Waals surface area (Å²) in [6.45, 7) is 2.87. The van der Waals surface area contributed by atoms with E-state index in [4.69, 9.17) is 16.3 Å². The van der Waals surface area contributed by atoms with Crippen LogP contribution in [-0.2, 0) is 0 Å². The first-order valence-corrected chi connectivity index (χ1v) is 6.71. The Balaban J connectivity index is 1.94. The van der Waals surface area contributed by atoms with Crippen LogP contribution in [-0.4, -0.2) is 11.6 Å². The van der Waals surface area contributed by atoms with Crippen LogP contribution in [0, 0.1) is 5.92 Å². The van der Waals surface area contributed by atoms with Crippen molar-refractivity contribution in [2.45, 2.75) is 13.0 Å². The van der Waals surface area contributed by atoms with E-state index in [1.807, 2.05) is 18.2 Å². The van der Waals surface area contributed by atoms with Crippen LogP contribution in [0.1, 0.15) is 18.5 Å². The molecular formula is C15H15ClN2O. The summed E-state index contributed by atoms with van der Waals surface area (Å²) in [4.78, 5) is 4.11. The average Bonchev–Trinajstić information content (AvgIpc) is 2.44. The van der Waals surface area contributed by atoms with E-state index in [0.717, 1.165) is 11.4 Å². The monoisotopic (exact) mass is 274 g/mol. The van der Waals surface area contributed by atoms with Crippen LogP contribution in [0.4, 0.5) is 5.69 Å². The van der Waals surface area contributed by atoms with E-state index in [0.29, 0.717) is 17.5 Å². The molecule has 2 heterocycles. The highest BCUT2D eigenvalue weighted by Crippen LogP contribution is 2.38. The quantitative estimate of drug-likeness (QED) is 0.901. The third-order valence-corrected chi connectivity index (χ3v) is 3.73. The summed E-state index contributed by atoms with van der Waals surface area (Å²) in [6, 6.07) is 10.1. The van der Waals surface area contributed by atoms with Gasteiger partial charge in [-0.05, 0) is 12.1 Å². The molecule has 0 spiro atoms. The van der Waals surface area contributed by atoms with Crippen molar-refractivity contribution >= 4 is 17.3 Å². The summed E-state index contributed by atoms with van der Waals surface area (Å²) in [5.41, 5.74) is 2.03. The third kappa shape index (κ3) is 2.38. The number of fused-ring (bicyclic) bond motifs is 1. The van der Waals surface area contributed by atoms with Gasteiger partial charge in [0.15, 0.2) is 0 Å². The Morgan fingerprint density at radius 1 is 1.32 bits per heavy atom. The third-order valence-electron chi connectivity index (χ3n) is 3.40.